The second kappa shape index (κ2) is 9.63. The quantitative estimate of drug-likeness (QED) is 0.613. The van der Waals surface area contributed by atoms with Crippen LogP contribution in [0.25, 0.3) is 0 Å². The lowest BCUT2D eigenvalue weighted by Gasteiger charge is -2.28. The zero-order valence-electron chi connectivity index (χ0n) is 18.3. The fraction of sp³-hybridized carbons (Fsp3) is 0.625. The van der Waals surface area contributed by atoms with Crippen LogP contribution in [0.5, 0.6) is 0 Å². The Morgan fingerprint density at radius 1 is 1.17 bits per heavy atom. The lowest BCUT2D eigenvalue weighted by molar-refractivity contribution is -0.155. The van der Waals surface area contributed by atoms with E-state index in [0.29, 0.717) is 12.8 Å². The highest BCUT2D eigenvalue weighted by molar-refractivity contribution is 5.95. The van der Waals surface area contributed by atoms with E-state index in [0.717, 1.165) is 31.2 Å². The van der Waals surface area contributed by atoms with Crippen molar-refractivity contribution >= 4 is 18.0 Å². The average Bonchev–Trinajstić information content (AvgIpc) is 3.31. The molecule has 30 heavy (non-hydrogen) atoms. The number of hydrogen-bond donors (Lipinski definition) is 0. The molecule has 2 fully saturated rings. The van der Waals surface area contributed by atoms with Crippen molar-refractivity contribution in [2.24, 2.45) is 11.8 Å². The molecule has 3 rings (SSSR count). The van der Waals surface area contributed by atoms with E-state index in [1.807, 2.05) is 51.1 Å². The second-order valence-corrected chi connectivity index (χ2v) is 9.40. The minimum Gasteiger partial charge on any atom is -0.460 e. The second-order valence-electron chi connectivity index (χ2n) is 9.40. The lowest BCUT2D eigenvalue weighted by Crippen LogP contribution is -2.45. The summed E-state index contributed by atoms with van der Waals surface area (Å²) < 4.78 is 10.7. The molecule has 1 saturated carbocycles. The van der Waals surface area contributed by atoms with Crippen molar-refractivity contribution in [3.8, 4) is 0 Å². The monoisotopic (exact) mass is 415 g/mol. The van der Waals surface area contributed by atoms with Crippen LogP contribution in [0.2, 0.25) is 0 Å². The van der Waals surface area contributed by atoms with Crippen molar-refractivity contribution in [1.82, 2.24) is 4.90 Å². The van der Waals surface area contributed by atoms with Gasteiger partial charge in [0.25, 0.3) is 0 Å². The number of rotatable bonds is 7. The number of nitrogens with zero attached hydrogens (tertiary/aromatic N) is 1. The molecule has 1 aromatic carbocycles. The molecule has 2 atom stereocenters. The maximum absolute atomic E-state index is 13.5. The number of benzene rings is 1. The molecular weight excluding hydrogens is 382 g/mol. The van der Waals surface area contributed by atoms with Crippen LogP contribution in [0.4, 0.5) is 4.79 Å². The van der Waals surface area contributed by atoms with Crippen LogP contribution in [0.15, 0.2) is 30.3 Å². The summed E-state index contributed by atoms with van der Waals surface area (Å²) in [4.78, 5) is 39.5. The van der Waals surface area contributed by atoms with Crippen molar-refractivity contribution in [2.45, 2.75) is 77.4 Å². The van der Waals surface area contributed by atoms with Crippen LogP contribution in [-0.4, -0.2) is 41.1 Å². The Balaban J connectivity index is 1.71. The van der Waals surface area contributed by atoms with Crippen LogP contribution in [0.1, 0.15) is 64.9 Å². The first-order valence-electron chi connectivity index (χ1n) is 11.0. The Morgan fingerprint density at radius 3 is 2.47 bits per heavy atom. The van der Waals surface area contributed by atoms with Gasteiger partial charge in [0.1, 0.15) is 12.2 Å². The van der Waals surface area contributed by atoms with Gasteiger partial charge in [-0.1, -0.05) is 43.2 Å². The smallest absolute Gasteiger partial charge is 0.416 e. The highest BCUT2D eigenvalue weighted by Crippen LogP contribution is 2.36. The SMILES string of the molecule is CC(C)(C)OC(=O)CC[C@@H](C(=O)N1C(=O)OC[C@H]1Cc1ccccc1)C1CCCC1. The highest BCUT2D eigenvalue weighted by Gasteiger charge is 2.43. The number of hydrogen-bond acceptors (Lipinski definition) is 5. The third-order valence-corrected chi connectivity index (χ3v) is 5.88. The maximum atomic E-state index is 13.5. The van der Waals surface area contributed by atoms with Crippen molar-refractivity contribution < 1.29 is 23.9 Å². The highest BCUT2D eigenvalue weighted by atomic mass is 16.6. The van der Waals surface area contributed by atoms with Gasteiger partial charge in [-0.05, 0) is 57.9 Å². The number of cyclic esters (lactones) is 1. The van der Waals surface area contributed by atoms with Gasteiger partial charge in [0.2, 0.25) is 5.91 Å². The number of amides is 2. The summed E-state index contributed by atoms with van der Waals surface area (Å²) in [6, 6.07) is 9.50. The molecule has 0 radical (unpaired) electrons. The topological polar surface area (TPSA) is 72.9 Å². The first-order valence-corrected chi connectivity index (χ1v) is 11.0. The summed E-state index contributed by atoms with van der Waals surface area (Å²) in [5.41, 5.74) is 0.508. The summed E-state index contributed by atoms with van der Waals surface area (Å²) in [6.45, 7) is 5.71. The molecule has 1 aliphatic heterocycles. The van der Waals surface area contributed by atoms with Gasteiger partial charge in [0.05, 0.1) is 6.04 Å². The van der Waals surface area contributed by atoms with E-state index < -0.39 is 11.7 Å². The zero-order chi connectivity index (χ0) is 21.7. The average molecular weight is 416 g/mol. The van der Waals surface area contributed by atoms with Gasteiger partial charge in [-0.2, -0.15) is 0 Å². The normalized spacial score (nSPS) is 20.8. The van der Waals surface area contributed by atoms with E-state index in [2.05, 4.69) is 0 Å². The molecule has 0 aromatic heterocycles. The van der Waals surface area contributed by atoms with Crippen LogP contribution < -0.4 is 0 Å². The molecule has 164 valence electrons. The molecule has 0 bridgehead atoms. The summed E-state index contributed by atoms with van der Waals surface area (Å²) in [5.74, 6) is -0.660. The Kier molecular flexibility index (Phi) is 7.16. The number of imide groups is 1. The van der Waals surface area contributed by atoms with E-state index in [1.165, 1.54) is 4.90 Å². The van der Waals surface area contributed by atoms with Gasteiger partial charge < -0.3 is 9.47 Å². The van der Waals surface area contributed by atoms with E-state index in [1.54, 1.807) is 0 Å². The minimum absolute atomic E-state index is 0.177. The van der Waals surface area contributed by atoms with E-state index in [4.69, 9.17) is 9.47 Å². The Bertz CT molecular complexity index is 749. The van der Waals surface area contributed by atoms with E-state index >= 15 is 0 Å². The number of carbonyl (C=O) groups excluding carboxylic acids is 3. The number of ether oxygens (including phenoxy) is 2. The zero-order valence-corrected chi connectivity index (χ0v) is 18.3. The van der Waals surface area contributed by atoms with Crippen LogP contribution in [-0.2, 0) is 25.5 Å². The molecular formula is C24H33NO5. The molecule has 0 unspecified atom stereocenters. The molecule has 1 aromatic rings. The third kappa shape index (κ3) is 5.83. The molecule has 1 heterocycles. The first kappa shape index (κ1) is 22.3. The van der Waals surface area contributed by atoms with Crippen molar-refractivity contribution in [2.75, 3.05) is 6.61 Å². The number of esters is 1. The van der Waals surface area contributed by atoms with Crippen LogP contribution in [0, 0.1) is 11.8 Å². The van der Waals surface area contributed by atoms with Crippen molar-refractivity contribution in [1.29, 1.82) is 0 Å². The molecule has 6 heteroatoms. The van der Waals surface area contributed by atoms with Crippen LogP contribution >= 0.6 is 0 Å². The van der Waals surface area contributed by atoms with E-state index in [9.17, 15) is 14.4 Å². The summed E-state index contributed by atoms with van der Waals surface area (Å²) in [7, 11) is 0. The molecule has 2 aliphatic rings. The van der Waals surface area contributed by atoms with Crippen molar-refractivity contribution in [3.63, 3.8) is 0 Å². The van der Waals surface area contributed by atoms with Gasteiger partial charge in [-0.15, -0.1) is 0 Å². The van der Waals surface area contributed by atoms with E-state index in [-0.39, 0.29) is 42.8 Å². The van der Waals surface area contributed by atoms with Crippen molar-refractivity contribution in [3.05, 3.63) is 35.9 Å². The molecule has 1 saturated heterocycles. The predicted molar refractivity (Wildman–Crippen MR) is 113 cm³/mol. The third-order valence-electron chi connectivity index (χ3n) is 5.88. The minimum atomic E-state index is -0.568. The predicted octanol–water partition coefficient (Wildman–Crippen LogP) is 4.50. The number of carbonyl (C=O) groups is 3. The lowest BCUT2D eigenvalue weighted by atomic mass is 9.85. The largest absolute Gasteiger partial charge is 0.460 e. The van der Waals surface area contributed by atoms with Gasteiger partial charge in [-0.25, -0.2) is 9.69 Å². The molecule has 0 spiro atoms. The van der Waals surface area contributed by atoms with Crippen LogP contribution in [0.3, 0.4) is 0 Å². The Hall–Kier alpha value is -2.37. The fourth-order valence-corrected chi connectivity index (χ4v) is 4.53. The molecule has 0 N–H and O–H groups in total. The summed E-state index contributed by atoms with van der Waals surface area (Å²) in [5, 5.41) is 0. The summed E-state index contributed by atoms with van der Waals surface area (Å²) in [6.07, 6.45) is 4.66. The Labute approximate surface area is 178 Å². The van der Waals surface area contributed by atoms with Gasteiger partial charge >= 0.3 is 12.1 Å². The van der Waals surface area contributed by atoms with Gasteiger partial charge in [0, 0.05) is 12.3 Å². The van der Waals surface area contributed by atoms with Gasteiger partial charge in [0.15, 0.2) is 0 Å². The maximum Gasteiger partial charge on any atom is 0.416 e. The first-order chi connectivity index (χ1) is 14.2. The van der Waals surface area contributed by atoms with Gasteiger partial charge in [-0.3, -0.25) is 9.59 Å². The summed E-state index contributed by atoms with van der Waals surface area (Å²) >= 11 is 0. The molecule has 2 amide bonds. The standard InChI is InChI=1S/C24H33NO5/c1-24(2,3)30-21(26)14-13-20(18-11-7-8-12-18)22(27)25-19(16-29-23(25)28)15-17-9-5-4-6-10-17/h4-6,9-10,18-20H,7-8,11-16H2,1-3H3/t19-,20-/m1/s1. The Morgan fingerprint density at radius 2 is 1.83 bits per heavy atom. The fourth-order valence-electron chi connectivity index (χ4n) is 4.53. The molecule has 6 nitrogen and oxygen atoms in total. The molecule has 1 aliphatic carbocycles.